The van der Waals surface area contributed by atoms with Crippen molar-refractivity contribution in [2.45, 2.75) is 25.9 Å². The minimum Gasteiger partial charge on any atom is -0.394 e. The van der Waals surface area contributed by atoms with Gasteiger partial charge in [-0.2, -0.15) is 0 Å². The average molecular weight is 244 g/mol. The fourth-order valence-electron chi connectivity index (χ4n) is 1.83. The number of pyridine rings is 1. The highest BCUT2D eigenvalue weighted by atomic mass is 16.3. The molecule has 2 rings (SSSR count). The number of fused-ring (bicyclic) bond motifs is 1. The van der Waals surface area contributed by atoms with E-state index in [1.165, 1.54) is 5.56 Å². The molecule has 0 radical (unpaired) electrons. The maximum atomic E-state index is 9.36. The minimum absolute atomic E-state index is 0.151. The Balaban J connectivity index is 2.22. The normalized spacial score (nSPS) is 12.3. The van der Waals surface area contributed by atoms with Gasteiger partial charge in [0.2, 0.25) is 0 Å². The van der Waals surface area contributed by atoms with E-state index in [1.54, 1.807) is 0 Å². The van der Waals surface area contributed by atoms with Crippen molar-refractivity contribution in [3.05, 3.63) is 42.1 Å². The second-order valence-corrected chi connectivity index (χ2v) is 5.36. The highest BCUT2D eigenvalue weighted by molar-refractivity contribution is 5.78. The monoisotopic (exact) mass is 244 g/mol. The van der Waals surface area contributed by atoms with Crippen LogP contribution in [0.15, 0.2) is 36.5 Å². The van der Waals surface area contributed by atoms with Crippen molar-refractivity contribution in [1.29, 1.82) is 0 Å². The molecule has 0 saturated carbocycles. The molecule has 2 aromatic rings. The van der Waals surface area contributed by atoms with Crippen molar-refractivity contribution >= 4 is 10.9 Å². The average Bonchev–Trinajstić information content (AvgIpc) is 2.38. The first-order chi connectivity index (χ1) is 8.53. The van der Waals surface area contributed by atoms with Crippen LogP contribution in [0.4, 0.5) is 0 Å². The largest absolute Gasteiger partial charge is 0.394 e. The van der Waals surface area contributed by atoms with Gasteiger partial charge in [0.1, 0.15) is 0 Å². The van der Waals surface area contributed by atoms with Gasteiger partial charge in [-0.1, -0.05) is 12.1 Å². The van der Waals surface area contributed by atoms with Crippen molar-refractivity contribution in [3.63, 3.8) is 0 Å². The van der Waals surface area contributed by atoms with E-state index in [-0.39, 0.29) is 12.1 Å². The first-order valence-electron chi connectivity index (χ1n) is 6.19. The second-order valence-electron chi connectivity index (χ2n) is 5.36. The van der Waals surface area contributed by atoms with Gasteiger partial charge in [0.25, 0.3) is 0 Å². The molecule has 0 bridgehead atoms. The van der Waals surface area contributed by atoms with Crippen LogP contribution in [0, 0.1) is 0 Å². The summed E-state index contributed by atoms with van der Waals surface area (Å²) in [5.41, 5.74) is 2.05. The number of aromatic nitrogens is 1. The number of likely N-dealkylation sites (N-methyl/N-ethyl adjacent to an activating group) is 1. The van der Waals surface area contributed by atoms with Gasteiger partial charge in [-0.15, -0.1) is 0 Å². The number of rotatable bonds is 4. The van der Waals surface area contributed by atoms with E-state index in [9.17, 15) is 5.11 Å². The first-order valence-corrected chi connectivity index (χ1v) is 6.19. The van der Waals surface area contributed by atoms with E-state index < -0.39 is 0 Å². The zero-order valence-electron chi connectivity index (χ0n) is 11.2. The molecule has 0 amide bonds. The van der Waals surface area contributed by atoms with E-state index in [2.05, 4.69) is 28.1 Å². The smallest absolute Gasteiger partial charge is 0.0702 e. The summed E-state index contributed by atoms with van der Waals surface area (Å²) >= 11 is 0. The third-order valence-corrected chi connectivity index (χ3v) is 3.51. The van der Waals surface area contributed by atoms with Gasteiger partial charge in [0.15, 0.2) is 0 Å². The molecule has 0 aliphatic carbocycles. The zero-order valence-corrected chi connectivity index (χ0v) is 11.2. The number of hydrogen-bond donors (Lipinski definition) is 1. The highest BCUT2D eigenvalue weighted by Crippen LogP contribution is 2.18. The van der Waals surface area contributed by atoms with Gasteiger partial charge in [0, 0.05) is 23.7 Å². The molecule has 0 spiro atoms. The van der Waals surface area contributed by atoms with E-state index in [0.717, 1.165) is 17.4 Å². The Labute approximate surface area is 108 Å². The minimum atomic E-state index is -0.204. The predicted octanol–water partition coefficient (Wildman–Crippen LogP) is 2.44. The molecule has 3 nitrogen and oxygen atoms in total. The number of aliphatic hydroxyl groups is 1. The summed E-state index contributed by atoms with van der Waals surface area (Å²) in [6.45, 7) is 5.04. The lowest BCUT2D eigenvalue weighted by Gasteiger charge is -2.33. The summed E-state index contributed by atoms with van der Waals surface area (Å²) in [5.74, 6) is 0. The lowest BCUT2D eigenvalue weighted by Crippen LogP contribution is -2.43. The van der Waals surface area contributed by atoms with Crippen molar-refractivity contribution in [1.82, 2.24) is 9.88 Å². The van der Waals surface area contributed by atoms with E-state index in [0.29, 0.717) is 0 Å². The first kappa shape index (κ1) is 13.0. The molecular weight excluding hydrogens is 224 g/mol. The van der Waals surface area contributed by atoms with Crippen LogP contribution in [-0.4, -0.2) is 34.2 Å². The van der Waals surface area contributed by atoms with E-state index in [1.807, 2.05) is 39.2 Å². The molecule has 18 heavy (non-hydrogen) atoms. The zero-order chi connectivity index (χ0) is 13.2. The lowest BCUT2D eigenvalue weighted by molar-refractivity contribution is 0.0734. The SMILES string of the molecule is CN(Cc1ccc2ncccc2c1)C(C)(C)CO. The Morgan fingerprint density at radius 1 is 1.28 bits per heavy atom. The Morgan fingerprint density at radius 2 is 2.06 bits per heavy atom. The van der Waals surface area contributed by atoms with Crippen LogP contribution in [0.25, 0.3) is 10.9 Å². The van der Waals surface area contributed by atoms with Crippen LogP contribution < -0.4 is 0 Å². The third kappa shape index (κ3) is 2.68. The number of benzene rings is 1. The van der Waals surface area contributed by atoms with Gasteiger partial charge in [-0.25, -0.2) is 0 Å². The van der Waals surface area contributed by atoms with Gasteiger partial charge in [0.05, 0.1) is 12.1 Å². The quantitative estimate of drug-likeness (QED) is 0.897. The lowest BCUT2D eigenvalue weighted by atomic mass is 10.0. The number of hydrogen-bond acceptors (Lipinski definition) is 3. The molecule has 1 heterocycles. The third-order valence-electron chi connectivity index (χ3n) is 3.51. The molecule has 1 aromatic carbocycles. The Morgan fingerprint density at radius 3 is 2.78 bits per heavy atom. The summed E-state index contributed by atoms with van der Waals surface area (Å²) in [7, 11) is 2.03. The molecule has 1 aromatic heterocycles. The predicted molar refractivity (Wildman–Crippen MR) is 74.4 cm³/mol. The summed E-state index contributed by atoms with van der Waals surface area (Å²) in [6.07, 6.45) is 1.81. The van der Waals surface area contributed by atoms with Crippen LogP contribution in [0.2, 0.25) is 0 Å². The van der Waals surface area contributed by atoms with Crippen molar-refractivity contribution < 1.29 is 5.11 Å². The van der Waals surface area contributed by atoms with Crippen molar-refractivity contribution in [2.24, 2.45) is 0 Å². The standard InChI is InChI=1S/C15H20N2O/c1-15(2,11-18)17(3)10-12-6-7-14-13(9-12)5-4-8-16-14/h4-9,18H,10-11H2,1-3H3. The van der Waals surface area contributed by atoms with E-state index >= 15 is 0 Å². The number of nitrogens with zero attached hydrogens (tertiary/aromatic N) is 2. The summed E-state index contributed by atoms with van der Waals surface area (Å²) < 4.78 is 0. The molecule has 0 aliphatic heterocycles. The molecule has 0 saturated heterocycles. The van der Waals surface area contributed by atoms with E-state index in [4.69, 9.17) is 0 Å². The Hall–Kier alpha value is -1.45. The molecule has 0 aliphatic rings. The Kier molecular flexibility index (Phi) is 3.64. The molecule has 96 valence electrons. The molecule has 0 fully saturated rings. The van der Waals surface area contributed by atoms with Crippen molar-refractivity contribution in [3.8, 4) is 0 Å². The van der Waals surface area contributed by atoms with Crippen LogP contribution in [0.3, 0.4) is 0 Å². The van der Waals surface area contributed by atoms with Gasteiger partial charge < -0.3 is 5.11 Å². The van der Waals surface area contributed by atoms with Gasteiger partial charge in [-0.3, -0.25) is 9.88 Å². The molecular formula is C15H20N2O. The second kappa shape index (κ2) is 5.04. The maximum Gasteiger partial charge on any atom is 0.0702 e. The maximum absolute atomic E-state index is 9.36. The molecule has 0 atom stereocenters. The Bertz CT molecular complexity index is 537. The molecule has 0 unspecified atom stereocenters. The van der Waals surface area contributed by atoms with Crippen LogP contribution >= 0.6 is 0 Å². The van der Waals surface area contributed by atoms with Gasteiger partial charge in [-0.05, 0) is 44.7 Å². The summed E-state index contributed by atoms with van der Waals surface area (Å²) in [4.78, 5) is 6.47. The van der Waals surface area contributed by atoms with Crippen LogP contribution in [-0.2, 0) is 6.54 Å². The summed E-state index contributed by atoms with van der Waals surface area (Å²) in [6, 6.07) is 10.3. The fraction of sp³-hybridized carbons (Fsp3) is 0.400. The molecule has 1 N–H and O–H groups in total. The molecule has 3 heteroatoms. The van der Waals surface area contributed by atoms with Gasteiger partial charge >= 0.3 is 0 Å². The van der Waals surface area contributed by atoms with Crippen LogP contribution in [0.1, 0.15) is 19.4 Å². The topological polar surface area (TPSA) is 36.4 Å². The summed E-state index contributed by atoms with van der Waals surface area (Å²) in [5, 5.41) is 10.5. The van der Waals surface area contributed by atoms with Crippen LogP contribution in [0.5, 0.6) is 0 Å². The highest BCUT2D eigenvalue weighted by Gasteiger charge is 2.22. The number of aliphatic hydroxyl groups excluding tert-OH is 1. The fourth-order valence-corrected chi connectivity index (χ4v) is 1.83. The van der Waals surface area contributed by atoms with Crippen molar-refractivity contribution in [2.75, 3.05) is 13.7 Å².